The summed E-state index contributed by atoms with van der Waals surface area (Å²) in [4.78, 5) is 22.3. The van der Waals surface area contributed by atoms with Crippen molar-refractivity contribution in [3.05, 3.63) is 0 Å². The summed E-state index contributed by atoms with van der Waals surface area (Å²) in [6.45, 7) is 2.81. The molecule has 18 heavy (non-hydrogen) atoms. The van der Waals surface area contributed by atoms with Crippen molar-refractivity contribution in [1.29, 1.82) is 0 Å². The second-order valence-electron chi connectivity index (χ2n) is 4.38. The molecule has 0 spiro atoms. The van der Waals surface area contributed by atoms with Gasteiger partial charge in [0.2, 0.25) is 0 Å². The predicted octanol–water partition coefficient (Wildman–Crippen LogP) is -0.454. The summed E-state index contributed by atoms with van der Waals surface area (Å²) in [7, 11) is 0. The van der Waals surface area contributed by atoms with Crippen LogP contribution in [0.25, 0.3) is 0 Å². The van der Waals surface area contributed by atoms with E-state index in [0.29, 0.717) is 13.2 Å². The van der Waals surface area contributed by atoms with E-state index >= 15 is 0 Å². The van der Waals surface area contributed by atoms with E-state index in [-0.39, 0.29) is 25.0 Å². The van der Waals surface area contributed by atoms with E-state index in [0.717, 1.165) is 6.42 Å². The van der Waals surface area contributed by atoms with Crippen molar-refractivity contribution >= 4 is 12.0 Å². The van der Waals surface area contributed by atoms with Crippen LogP contribution in [0.2, 0.25) is 0 Å². The van der Waals surface area contributed by atoms with Crippen LogP contribution in [0.1, 0.15) is 19.8 Å². The van der Waals surface area contributed by atoms with Gasteiger partial charge in [0, 0.05) is 32.1 Å². The standard InChI is InChI=1S/C11H20N2O5/c1-7-8(3-5-18-7)6-12-11(17)13-9(2-4-14)10(15)16/h7-9,14H,2-6H2,1H3,(H,15,16)(H2,12,13,17)/t7?,8?,9-/m1/s1. The Hall–Kier alpha value is -1.34. The van der Waals surface area contributed by atoms with Crippen molar-refractivity contribution in [2.45, 2.75) is 31.9 Å². The van der Waals surface area contributed by atoms with Crippen molar-refractivity contribution in [2.24, 2.45) is 5.92 Å². The number of aliphatic carboxylic acids is 1. The van der Waals surface area contributed by atoms with Crippen molar-refractivity contribution in [2.75, 3.05) is 19.8 Å². The molecule has 0 aromatic carbocycles. The third-order valence-electron chi connectivity index (χ3n) is 3.08. The number of carbonyl (C=O) groups excluding carboxylic acids is 1. The highest BCUT2D eigenvalue weighted by Gasteiger charge is 2.25. The number of rotatable bonds is 6. The van der Waals surface area contributed by atoms with Gasteiger partial charge in [-0.3, -0.25) is 0 Å². The first-order valence-electron chi connectivity index (χ1n) is 6.04. The lowest BCUT2D eigenvalue weighted by Crippen LogP contribution is -2.47. The van der Waals surface area contributed by atoms with E-state index < -0.39 is 18.0 Å². The summed E-state index contributed by atoms with van der Waals surface area (Å²) >= 11 is 0. The number of nitrogens with one attached hydrogen (secondary N) is 2. The van der Waals surface area contributed by atoms with Crippen LogP contribution in [0.15, 0.2) is 0 Å². The summed E-state index contributed by atoms with van der Waals surface area (Å²) in [6.07, 6.45) is 0.990. The van der Waals surface area contributed by atoms with Crippen LogP contribution >= 0.6 is 0 Å². The molecule has 7 heteroatoms. The Labute approximate surface area is 106 Å². The Balaban J connectivity index is 2.29. The largest absolute Gasteiger partial charge is 0.480 e. The average molecular weight is 260 g/mol. The van der Waals surface area contributed by atoms with Crippen molar-refractivity contribution in [1.82, 2.24) is 10.6 Å². The normalized spacial score (nSPS) is 24.6. The quantitative estimate of drug-likeness (QED) is 0.517. The van der Waals surface area contributed by atoms with E-state index in [1.165, 1.54) is 0 Å². The van der Waals surface area contributed by atoms with Gasteiger partial charge in [-0.1, -0.05) is 0 Å². The zero-order chi connectivity index (χ0) is 13.5. The zero-order valence-electron chi connectivity index (χ0n) is 10.4. The van der Waals surface area contributed by atoms with Crippen molar-refractivity contribution in [3.63, 3.8) is 0 Å². The molecule has 2 unspecified atom stereocenters. The maximum absolute atomic E-state index is 11.5. The van der Waals surface area contributed by atoms with Gasteiger partial charge >= 0.3 is 12.0 Å². The van der Waals surface area contributed by atoms with E-state index in [4.69, 9.17) is 14.9 Å². The third-order valence-corrected chi connectivity index (χ3v) is 3.08. The molecule has 1 aliphatic rings. The number of aliphatic hydroxyl groups excluding tert-OH is 1. The van der Waals surface area contributed by atoms with Crippen LogP contribution in [0.4, 0.5) is 4.79 Å². The maximum Gasteiger partial charge on any atom is 0.326 e. The van der Waals surface area contributed by atoms with E-state index in [1.54, 1.807) is 0 Å². The molecule has 104 valence electrons. The Morgan fingerprint density at radius 2 is 2.22 bits per heavy atom. The van der Waals surface area contributed by atoms with Crippen molar-refractivity contribution in [3.8, 4) is 0 Å². The van der Waals surface area contributed by atoms with Crippen LogP contribution < -0.4 is 10.6 Å². The maximum atomic E-state index is 11.5. The first-order valence-corrected chi connectivity index (χ1v) is 6.04. The molecule has 0 aromatic rings. The number of amides is 2. The van der Waals surface area contributed by atoms with Gasteiger partial charge in [0.25, 0.3) is 0 Å². The van der Waals surface area contributed by atoms with Gasteiger partial charge in [-0.15, -0.1) is 0 Å². The SMILES string of the molecule is CC1OCCC1CNC(=O)N[C@H](CCO)C(=O)O. The fourth-order valence-corrected chi connectivity index (χ4v) is 1.86. The second-order valence-corrected chi connectivity index (χ2v) is 4.38. The minimum absolute atomic E-state index is 0.00824. The second kappa shape index (κ2) is 7.17. The van der Waals surface area contributed by atoms with Gasteiger partial charge in [-0.25, -0.2) is 9.59 Å². The Morgan fingerprint density at radius 3 is 2.72 bits per heavy atom. The Morgan fingerprint density at radius 1 is 1.50 bits per heavy atom. The summed E-state index contributed by atoms with van der Waals surface area (Å²) < 4.78 is 5.36. The lowest BCUT2D eigenvalue weighted by Gasteiger charge is -2.17. The molecule has 7 nitrogen and oxygen atoms in total. The monoisotopic (exact) mass is 260 g/mol. The molecule has 1 rings (SSSR count). The number of carbonyl (C=O) groups is 2. The molecular weight excluding hydrogens is 240 g/mol. The average Bonchev–Trinajstić information content (AvgIpc) is 2.71. The lowest BCUT2D eigenvalue weighted by atomic mass is 10.0. The Bertz CT molecular complexity index is 297. The predicted molar refractivity (Wildman–Crippen MR) is 63.2 cm³/mol. The smallest absolute Gasteiger partial charge is 0.326 e. The molecular formula is C11H20N2O5. The summed E-state index contributed by atoms with van der Waals surface area (Å²) in [5, 5.41) is 22.4. The molecule has 0 bridgehead atoms. The number of aliphatic hydroxyl groups is 1. The van der Waals surface area contributed by atoms with Gasteiger partial charge < -0.3 is 25.6 Å². The molecule has 1 aliphatic heterocycles. The van der Waals surface area contributed by atoms with Gasteiger partial charge in [-0.05, 0) is 13.3 Å². The molecule has 4 N–H and O–H groups in total. The number of carboxylic acids is 1. The highest BCUT2D eigenvalue weighted by molar-refractivity contribution is 5.82. The molecule has 0 radical (unpaired) electrons. The first kappa shape index (κ1) is 14.7. The highest BCUT2D eigenvalue weighted by Crippen LogP contribution is 2.19. The van der Waals surface area contributed by atoms with Gasteiger partial charge in [0.1, 0.15) is 6.04 Å². The molecule has 1 fully saturated rings. The summed E-state index contributed by atoms with van der Waals surface area (Å²) in [5.41, 5.74) is 0. The minimum atomic E-state index is -1.16. The summed E-state index contributed by atoms with van der Waals surface area (Å²) in [6, 6.07) is -1.60. The van der Waals surface area contributed by atoms with Gasteiger partial charge in [0.05, 0.1) is 6.10 Å². The van der Waals surface area contributed by atoms with E-state index in [1.807, 2.05) is 6.92 Å². The molecule has 2 amide bonds. The molecule has 0 aromatic heterocycles. The first-order chi connectivity index (χ1) is 8.54. The molecule has 3 atom stereocenters. The molecule has 1 heterocycles. The summed E-state index contributed by atoms with van der Waals surface area (Å²) in [5.74, 6) is -0.895. The number of hydrogen-bond donors (Lipinski definition) is 4. The van der Waals surface area contributed by atoms with Crippen LogP contribution in [-0.2, 0) is 9.53 Å². The number of ether oxygens (including phenoxy) is 1. The molecule has 0 saturated carbocycles. The van der Waals surface area contributed by atoms with Crippen LogP contribution in [0.5, 0.6) is 0 Å². The lowest BCUT2D eigenvalue weighted by molar-refractivity contribution is -0.139. The van der Waals surface area contributed by atoms with Crippen LogP contribution in [0.3, 0.4) is 0 Å². The van der Waals surface area contributed by atoms with Crippen LogP contribution in [-0.4, -0.2) is 54.1 Å². The minimum Gasteiger partial charge on any atom is -0.480 e. The van der Waals surface area contributed by atoms with Gasteiger partial charge in [0.15, 0.2) is 0 Å². The fraction of sp³-hybridized carbons (Fsp3) is 0.818. The molecule has 1 saturated heterocycles. The van der Waals surface area contributed by atoms with E-state index in [2.05, 4.69) is 10.6 Å². The van der Waals surface area contributed by atoms with Crippen molar-refractivity contribution < 1.29 is 24.5 Å². The van der Waals surface area contributed by atoms with E-state index in [9.17, 15) is 9.59 Å². The fourth-order valence-electron chi connectivity index (χ4n) is 1.86. The topological polar surface area (TPSA) is 108 Å². The number of urea groups is 1. The highest BCUT2D eigenvalue weighted by atomic mass is 16.5. The molecule has 0 aliphatic carbocycles. The number of hydrogen-bond acceptors (Lipinski definition) is 4. The zero-order valence-corrected chi connectivity index (χ0v) is 10.4. The third kappa shape index (κ3) is 4.50. The van der Waals surface area contributed by atoms with Gasteiger partial charge in [-0.2, -0.15) is 0 Å². The van der Waals surface area contributed by atoms with Crippen LogP contribution in [0, 0.1) is 5.92 Å². The Kier molecular flexibility index (Phi) is 5.87. The number of carboxylic acid groups (broad SMARTS) is 1.